The van der Waals surface area contributed by atoms with Crippen molar-refractivity contribution in [1.29, 1.82) is 0 Å². The maximum atomic E-state index is 12.0. The Hall–Kier alpha value is -1.35. The van der Waals surface area contributed by atoms with Gasteiger partial charge in [-0.2, -0.15) is 0 Å². The van der Waals surface area contributed by atoms with Gasteiger partial charge in [0.05, 0.1) is 0 Å². The van der Waals surface area contributed by atoms with Gasteiger partial charge in [0.25, 0.3) is 0 Å². The number of aliphatic imine (C=N–C) groups is 1. The van der Waals surface area contributed by atoms with E-state index in [4.69, 9.17) is 0 Å². The average Bonchev–Trinajstić information content (AvgIpc) is 2.68. The summed E-state index contributed by atoms with van der Waals surface area (Å²) >= 11 is 0. The second kappa shape index (κ2) is 14.7. The normalized spacial score (nSPS) is 11.5. The molecule has 0 aromatic heterocycles. The number of aliphatic hydroxyl groups excluding tert-OH is 1. The lowest BCUT2D eigenvalue weighted by molar-refractivity contribution is -0.119. The fourth-order valence-corrected chi connectivity index (χ4v) is 2.80. The summed E-state index contributed by atoms with van der Waals surface area (Å²) in [7, 11) is 0. The highest BCUT2D eigenvalue weighted by Gasteiger charge is 2.25. The number of aliphatic hydroxyl groups is 1. The molecule has 0 fully saturated rings. The smallest absolute Gasteiger partial charge is 0.242 e. The number of halogens is 1. The highest BCUT2D eigenvalue weighted by atomic mass is 127. The van der Waals surface area contributed by atoms with Crippen LogP contribution in [0.1, 0.15) is 45.6 Å². The van der Waals surface area contributed by atoms with Crippen LogP contribution in [0.4, 0.5) is 0 Å². The molecule has 4 N–H and O–H groups in total. The lowest BCUT2D eigenvalue weighted by Crippen LogP contribution is -2.44. The Morgan fingerprint density at radius 1 is 1.07 bits per heavy atom. The molecule has 1 aromatic carbocycles. The molecule has 0 unspecified atom stereocenters. The van der Waals surface area contributed by atoms with Crippen LogP contribution in [0.3, 0.4) is 0 Å². The van der Waals surface area contributed by atoms with Crippen LogP contribution < -0.4 is 16.0 Å². The summed E-state index contributed by atoms with van der Waals surface area (Å²) in [5.41, 5.74) is 1.11. The molecule has 0 aliphatic rings. The monoisotopic (exact) mass is 490 g/mol. The van der Waals surface area contributed by atoms with Gasteiger partial charge in [0.15, 0.2) is 5.96 Å². The summed E-state index contributed by atoms with van der Waals surface area (Å²) in [4.78, 5) is 16.4. The minimum absolute atomic E-state index is 0. The van der Waals surface area contributed by atoms with E-state index < -0.39 is 0 Å². The van der Waals surface area contributed by atoms with Crippen molar-refractivity contribution in [2.45, 2.75) is 46.6 Å². The summed E-state index contributed by atoms with van der Waals surface area (Å²) in [5, 5.41) is 18.7. The second-order valence-corrected chi connectivity index (χ2v) is 6.49. The van der Waals surface area contributed by atoms with E-state index in [1.54, 1.807) is 0 Å². The van der Waals surface area contributed by atoms with Gasteiger partial charge in [-0.3, -0.25) is 4.79 Å². The predicted octanol–water partition coefficient (Wildman–Crippen LogP) is 2.66. The minimum Gasteiger partial charge on any atom is -0.396 e. The van der Waals surface area contributed by atoms with Crippen LogP contribution in [-0.4, -0.2) is 43.2 Å². The largest absolute Gasteiger partial charge is 0.396 e. The summed E-state index contributed by atoms with van der Waals surface area (Å²) in [6, 6.07) is 9.81. The van der Waals surface area contributed by atoms with Gasteiger partial charge in [0.1, 0.15) is 6.54 Å². The Labute approximate surface area is 180 Å². The molecule has 0 aliphatic heterocycles. The van der Waals surface area contributed by atoms with E-state index >= 15 is 0 Å². The maximum absolute atomic E-state index is 12.0. The first kappa shape index (κ1) is 25.6. The van der Waals surface area contributed by atoms with Gasteiger partial charge in [-0.25, -0.2) is 4.99 Å². The molecular formula is C20H35IN4O2. The van der Waals surface area contributed by atoms with Gasteiger partial charge in [0.2, 0.25) is 5.91 Å². The van der Waals surface area contributed by atoms with Crippen molar-refractivity contribution in [1.82, 2.24) is 16.0 Å². The van der Waals surface area contributed by atoms with Crippen LogP contribution in [0, 0.1) is 5.41 Å². The van der Waals surface area contributed by atoms with Crippen LogP contribution in [0.15, 0.2) is 35.3 Å². The summed E-state index contributed by atoms with van der Waals surface area (Å²) in [5.74, 6) is 0.519. The highest BCUT2D eigenvalue weighted by molar-refractivity contribution is 14.0. The number of benzene rings is 1. The average molecular weight is 490 g/mol. The zero-order valence-electron chi connectivity index (χ0n) is 16.8. The van der Waals surface area contributed by atoms with Crippen LogP contribution in [-0.2, 0) is 11.3 Å². The first-order valence-electron chi connectivity index (χ1n) is 9.52. The molecular weight excluding hydrogens is 455 g/mol. The van der Waals surface area contributed by atoms with E-state index in [2.05, 4.69) is 34.8 Å². The van der Waals surface area contributed by atoms with Gasteiger partial charge < -0.3 is 21.1 Å². The van der Waals surface area contributed by atoms with Crippen molar-refractivity contribution >= 4 is 35.8 Å². The molecule has 0 atom stereocenters. The van der Waals surface area contributed by atoms with Crippen LogP contribution >= 0.6 is 24.0 Å². The highest BCUT2D eigenvalue weighted by Crippen LogP contribution is 2.29. The SMILES string of the molecule is CCNC(=NCC(=O)NCc1ccccc1)NCC(CC)(CC)CCO.I. The van der Waals surface area contributed by atoms with Crippen LogP contribution in [0.25, 0.3) is 0 Å². The molecule has 0 bridgehead atoms. The van der Waals surface area contributed by atoms with E-state index in [1.807, 2.05) is 37.3 Å². The lowest BCUT2D eigenvalue weighted by Gasteiger charge is -2.32. The molecule has 0 spiro atoms. The molecule has 1 rings (SSSR count). The van der Waals surface area contributed by atoms with Crippen molar-refractivity contribution in [3.63, 3.8) is 0 Å². The number of guanidine groups is 1. The Balaban J connectivity index is 0.00000676. The summed E-state index contributed by atoms with van der Waals surface area (Å²) in [6.07, 6.45) is 2.71. The fraction of sp³-hybridized carbons (Fsp3) is 0.600. The molecule has 0 aliphatic carbocycles. The van der Waals surface area contributed by atoms with E-state index in [1.165, 1.54) is 0 Å². The maximum Gasteiger partial charge on any atom is 0.242 e. The number of hydrogen-bond donors (Lipinski definition) is 4. The molecule has 1 amide bonds. The zero-order chi connectivity index (χ0) is 19.3. The van der Waals surface area contributed by atoms with Gasteiger partial charge in [0, 0.05) is 26.2 Å². The number of hydrogen-bond acceptors (Lipinski definition) is 3. The Morgan fingerprint density at radius 3 is 2.30 bits per heavy atom. The first-order chi connectivity index (χ1) is 12.6. The van der Waals surface area contributed by atoms with Gasteiger partial charge >= 0.3 is 0 Å². The summed E-state index contributed by atoms with van der Waals surface area (Å²) < 4.78 is 0. The topological polar surface area (TPSA) is 85.8 Å². The molecule has 7 heteroatoms. The van der Waals surface area contributed by atoms with Gasteiger partial charge in [-0.15, -0.1) is 24.0 Å². The molecule has 154 valence electrons. The fourth-order valence-electron chi connectivity index (χ4n) is 2.80. The minimum atomic E-state index is -0.112. The summed E-state index contributed by atoms with van der Waals surface area (Å²) in [6.45, 7) is 8.48. The van der Waals surface area contributed by atoms with Crippen molar-refractivity contribution in [3.05, 3.63) is 35.9 Å². The van der Waals surface area contributed by atoms with E-state index in [-0.39, 0.29) is 48.5 Å². The van der Waals surface area contributed by atoms with Crippen LogP contribution in [0.2, 0.25) is 0 Å². The Bertz CT molecular complexity index is 548. The van der Waals surface area contributed by atoms with E-state index in [0.29, 0.717) is 12.5 Å². The number of nitrogens with zero attached hydrogens (tertiary/aromatic N) is 1. The van der Waals surface area contributed by atoms with Crippen molar-refractivity contribution < 1.29 is 9.90 Å². The van der Waals surface area contributed by atoms with E-state index in [0.717, 1.165) is 37.9 Å². The molecule has 27 heavy (non-hydrogen) atoms. The molecule has 0 radical (unpaired) electrons. The number of amides is 1. The van der Waals surface area contributed by atoms with Crippen molar-refractivity contribution in [3.8, 4) is 0 Å². The van der Waals surface area contributed by atoms with Crippen molar-refractivity contribution in [2.24, 2.45) is 10.4 Å². The third kappa shape index (κ3) is 9.95. The van der Waals surface area contributed by atoms with Crippen molar-refractivity contribution in [2.75, 3.05) is 26.2 Å². The first-order valence-corrected chi connectivity index (χ1v) is 9.52. The van der Waals surface area contributed by atoms with Gasteiger partial charge in [-0.1, -0.05) is 44.2 Å². The molecule has 6 nitrogen and oxygen atoms in total. The standard InChI is InChI=1S/C20H34N4O2.HI/c1-4-20(5-2,12-13-25)16-24-19(21-6-3)23-15-18(26)22-14-17-10-8-7-9-11-17;/h7-11,25H,4-6,12-16H2,1-3H3,(H,22,26)(H2,21,23,24);1H. The quantitative estimate of drug-likeness (QED) is 0.218. The molecule has 0 heterocycles. The molecule has 0 saturated heterocycles. The number of rotatable bonds is 11. The second-order valence-electron chi connectivity index (χ2n) is 6.49. The van der Waals surface area contributed by atoms with Gasteiger partial charge in [-0.05, 0) is 37.2 Å². The number of carbonyl (C=O) groups is 1. The van der Waals surface area contributed by atoms with Crippen LogP contribution in [0.5, 0.6) is 0 Å². The lowest BCUT2D eigenvalue weighted by atomic mass is 9.79. The third-order valence-corrected chi connectivity index (χ3v) is 4.83. The Morgan fingerprint density at radius 2 is 1.74 bits per heavy atom. The predicted molar refractivity (Wildman–Crippen MR) is 122 cm³/mol. The zero-order valence-corrected chi connectivity index (χ0v) is 19.1. The molecule has 1 aromatic rings. The third-order valence-electron chi connectivity index (χ3n) is 4.83. The number of nitrogens with one attached hydrogen (secondary N) is 3. The Kier molecular flexibility index (Phi) is 13.9. The van der Waals surface area contributed by atoms with E-state index in [9.17, 15) is 9.90 Å². The molecule has 0 saturated carbocycles. The number of carbonyl (C=O) groups excluding carboxylic acids is 1.